The molecule has 118 valence electrons. The van der Waals surface area contributed by atoms with Crippen LogP contribution in [0, 0.1) is 0 Å². The fraction of sp³-hybridized carbons (Fsp3) is 0.167. The number of ether oxygens (including phenoxy) is 1. The maximum atomic E-state index is 12.0. The Morgan fingerprint density at radius 2 is 2.04 bits per heavy atom. The average molecular weight is 330 g/mol. The van der Waals surface area contributed by atoms with Gasteiger partial charge in [-0.25, -0.2) is 0 Å². The molecule has 1 amide bonds. The van der Waals surface area contributed by atoms with E-state index in [1.165, 1.54) is 0 Å². The Bertz CT molecular complexity index is 795. The second kappa shape index (κ2) is 6.75. The molecule has 1 aromatic heterocycles. The molecule has 2 aromatic carbocycles. The summed E-state index contributed by atoms with van der Waals surface area (Å²) in [6.07, 6.45) is 0. The summed E-state index contributed by atoms with van der Waals surface area (Å²) in [5.41, 5.74) is 0.804. The van der Waals surface area contributed by atoms with Gasteiger partial charge in [-0.15, -0.1) is 0 Å². The normalized spacial score (nSPS) is 12.1. The third-order valence-corrected chi connectivity index (χ3v) is 3.65. The Labute approximate surface area is 139 Å². The number of hydrogen-bond acceptors (Lipinski definition) is 3. The molecule has 0 radical (unpaired) electrons. The molecular formula is C18H16ClNO3. The van der Waals surface area contributed by atoms with Crippen molar-refractivity contribution in [1.29, 1.82) is 0 Å². The molecule has 0 bridgehead atoms. The molecule has 0 saturated heterocycles. The number of hydrogen-bond donors (Lipinski definition) is 1. The highest BCUT2D eigenvalue weighted by atomic mass is 35.5. The molecular weight excluding hydrogens is 314 g/mol. The van der Waals surface area contributed by atoms with Crippen LogP contribution in [-0.2, 0) is 4.79 Å². The highest BCUT2D eigenvalue weighted by Crippen LogP contribution is 2.23. The number of furan rings is 1. The number of carbonyl (C=O) groups excluding carboxylic acids is 1. The van der Waals surface area contributed by atoms with Gasteiger partial charge >= 0.3 is 0 Å². The Kier molecular flexibility index (Phi) is 4.53. The van der Waals surface area contributed by atoms with Crippen molar-refractivity contribution in [2.24, 2.45) is 0 Å². The molecule has 4 nitrogen and oxygen atoms in total. The zero-order valence-corrected chi connectivity index (χ0v) is 13.3. The van der Waals surface area contributed by atoms with E-state index >= 15 is 0 Å². The van der Waals surface area contributed by atoms with Crippen LogP contribution in [-0.4, -0.2) is 12.5 Å². The molecule has 3 rings (SSSR count). The summed E-state index contributed by atoms with van der Waals surface area (Å²) in [7, 11) is 0. The topological polar surface area (TPSA) is 51.5 Å². The van der Waals surface area contributed by atoms with E-state index in [4.69, 9.17) is 20.8 Å². The molecule has 0 fully saturated rings. The Morgan fingerprint density at radius 1 is 1.22 bits per heavy atom. The third kappa shape index (κ3) is 3.85. The van der Waals surface area contributed by atoms with E-state index < -0.39 is 0 Å². The van der Waals surface area contributed by atoms with E-state index in [2.05, 4.69) is 5.32 Å². The third-order valence-electron chi connectivity index (χ3n) is 3.41. The van der Waals surface area contributed by atoms with Crippen LogP contribution < -0.4 is 10.1 Å². The number of halogens is 1. The first-order valence-electron chi connectivity index (χ1n) is 7.28. The van der Waals surface area contributed by atoms with Gasteiger partial charge in [0.25, 0.3) is 5.91 Å². The molecule has 0 saturated carbocycles. The zero-order valence-electron chi connectivity index (χ0n) is 12.6. The SMILES string of the molecule is C[C@@H](NC(=O)COc1cccc(Cl)c1)c1cc2ccccc2o1. The second-order valence-corrected chi connectivity index (χ2v) is 5.66. The Morgan fingerprint density at radius 3 is 2.83 bits per heavy atom. The van der Waals surface area contributed by atoms with E-state index in [9.17, 15) is 4.79 Å². The monoisotopic (exact) mass is 329 g/mol. The van der Waals surface area contributed by atoms with E-state index in [1.54, 1.807) is 24.3 Å². The minimum absolute atomic E-state index is 0.0785. The van der Waals surface area contributed by atoms with Gasteiger partial charge in [-0.05, 0) is 37.3 Å². The van der Waals surface area contributed by atoms with Gasteiger partial charge in [-0.1, -0.05) is 35.9 Å². The number of nitrogens with one attached hydrogen (secondary N) is 1. The van der Waals surface area contributed by atoms with Gasteiger partial charge in [0.05, 0.1) is 6.04 Å². The zero-order chi connectivity index (χ0) is 16.2. The first-order valence-corrected chi connectivity index (χ1v) is 7.66. The van der Waals surface area contributed by atoms with Crippen molar-refractivity contribution in [3.05, 3.63) is 65.4 Å². The molecule has 1 N–H and O–H groups in total. The van der Waals surface area contributed by atoms with Crippen LogP contribution in [0.2, 0.25) is 5.02 Å². The summed E-state index contributed by atoms with van der Waals surface area (Å²) in [6.45, 7) is 1.79. The van der Waals surface area contributed by atoms with E-state index in [1.807, 2.05) is 37.3 Å². The van der Waals surface area contributed by atoms with Gasteiger partial charge in [-0.3, -0.25) is 4.79 Å². The van der Waals surface area contributed by atoms with Crippen LogP contribution in [0.25, 0.3) is 11.0 Å². The molecule has 0 unspecified atom stereocenters. The molecule has 1 heterocycles. The first-order chi connectivity index (χ1) is 11.1. The van der Waals surface area contributed by atoms with Gasteiger partial charge in [0.1, 0.15) is 17.1 Å². The number of para-hydroxylation sites is 1. The summed E-state index contributed by atoms with van der Waals surface area (Å²) < 4.78 is 11.2. The van der Waals surface area contributed by atoms with Crippen LogP contribution in [0.1, 0.15) is 18.7 Å². The molecule has 0 spiro atoms. The molecule has 0 aliphatic rings. The van der Waals surface area contributed by atoms with Crippen LogP contribution in [0.3, 0.4) is 0 Å². The average Bonchev–Trinajstić information content (AvgIpc) is 2.97. The minimum Gasteiger partial charge on any atom is -0.484 e. The quantitative estimate of drug-likeness (QED) is 0.757. The molecule has 1 atom stereocenters. The number of carbonyl (C=O) groups is 1. The molecule has 0 aliphatic carbocycles. The highest BCUT2D eigenvalue weighted by molar-refractivity contribution is 6.30. The van der Waals surface area contributed by atoms with Crippen molar-refractivity contribution < 1.29 is 13.9 Å². The van der Waals surface area contributed by atoms with E-state index in [-0.39, 0.29) is 18.6 Å². The molecule has 3 aromatic rings. The summed E-state index contributed by atoms with van der Waals surface area (Å²) in [5.74, 6) is 1.05. The summed E-state index contributed by atoms with van der Waals surface area (Å²) in [5, 5.41) is 4.43. The largest absolute Gasteiger partial charge is 0.484 e. The Hall–Kier alpha value is -2.46. The number of amides is 1. The van der Waals surface area contributed by atoms with Crippen LogP contribution in [0.15, 0.2) is 59.0 Å². The maximum Gasteiger partial charge on any atom is 0.258 e. The lowest BCUT2D eigenvalue weighted by Gasteiger charge is -2.12. The maximum absolute atomic E-state index is 12.0. The number of fused-ring (bicyclic) bond motifs is 1. The van der Waals surface area contributed by atoms with Crippen LogP contribution in [0.4, 0.5) is 0 Å². The fourth-order valence-corrected chi connectivity index (χ4v) is 2.46. The van der Waals surface area contributed by atoms with Crippen molar-refractivity contribution >= 4 is 28.5 Å². The molecule has 0 aliphatic heterocycles. The lowest BCUT2D eigenvalue weighted by atomic mass is 10.2. The fourth-order valence-electron chi connectivity index (χ4n) is 2.28. The smallest absolute Gasteiger partial charge is 0.258 e. The van der Waals surface area contributed by atoms with E-state index in [0.29, 0.717) is 16.5 Å². The Balaban J connectivity index is 1.58. The van der Waals surface area contributed by atoms with Crippen molar-refractivity contribution in [3.63, 3.8) is 0 Å². The predicted molar refractivity (Wildman–Crippen MR) is 89.7 cm³/mol. The highest BCUT2D eigenvalue weighted by Gasteiger charge is 2.14. The van der Waals surface area contributed by atoms with Gasteiger partial charge < -0.3 is 14.5 Å². The van der Waals surface area contributed by atoms with Crippen LogP contribution in [0.5, 0.6) is 5.75 Å². The lowest BCUT2D eigenvalue weighted by Crippen LogP contribution is -2.31. The van der Waals surface area contributed by atoms with Crippen LogP contribution >= 0.6 is 11.6 Å². The van der Waals surface area contributed by atoms with Crippen molar-refractivity contribution in [3.8, 4) is 5.75 Å². The van der Waals surface area contributed by atoms with Gasteiger partial charge in [0, 0.05) is 10.4 Å². The van der Waals surface area contributed by atoms with Gasteiger partial charge in [0.15, 0.2) is 6.61 Å². The number of rotatable bonds is 5. The van der Waals surface area contributed by atoms with Crippen molar-refractivity contribution in [1.82, 2.24) is 5.32 Å². The summed E-state index contributed by atoms with van der Waals surface area (Å²) >= 11 is 5.87. The first kappa shape index (κ1) is 15.4. The van der Waals surface area contributed by atoms with E-state index in [0.717, 1.165) is 11.0 Å². The molecule has 23 heavy (non-hydrogen) atoms. The van der Waals surface area contributed by atoms with Crippen molar-refractivity contribution in [2.45, 2.75) is 13.0 Å². The summed E-state index contributed by atoms with van der Waals surface area (Å²) in [4.78, 5) is 12.0. The van der Waals surface area contributed by atoms with Crippen molar-refractivity contribution in [2.75, 3.05) is 6.61 Å². The number of benzene rings is 2. The predicted octanol–water partition coefficient (Wildman–Crippen LogP) is 4.34. The standard InChI is InChI=1S/C18H16ClNO3/c1-12(17-9-13-5-2-3-8-16(13)23-17)20-18(21)11-22-15-7-4-6-14(19)10-15/h2-10,12H,11H2,1H3,(H,20,21)/t12-/m1/s1. The summed E-state index contributed by atoms with van der Waals surface area (Å²) in [6, 6.07) is 16.4. The second-order valence-electron chi connectivity index (χ2n) is 5.22. The van der Waals surface area contributed by atoms with Gasteiger partial charge in [0.2, 0.25) is 0 Å². The minimum atomic E-state index is -0.238. The lowest BCUT2D eigenvalue weighted by molar-refractivity contribution is -0.123. The molecule has 5 heteroatoms. The van der Waals surface area contributed by atoms with Gasteiger partial charge in [-0.2, -0.15) is 0 Å².